The minimum atomic E-state index is -1.03. The molecule has 19 heavy (non-hydrogen) atoms. The minimum Gasteiger partial charge on any atom is -0.479 e. The van der Waals surface area contributed by atoms with Crippen LogP contribution in [-0.4, -0.2) is 33.5 Å². The van der Waals surface area contributed by atoms with Gasteiger partial charge in [-0.05, 0) is 37.5 Å². The van der Waals surface area contributed by atoms with Crippen molar-refractivity contribution in [2.45, 2.75) is 71.9 Å². The van der Waals surface area contributed by atoms with E-state index < -0.39 is 11.5 Å². The Hall–Kier alpha value is -1.06. The molecule has 1 amide bonds. The number of aliphatic carboxylic acids is 1. The molecule has 1 aliphatic carbocycles. The van der Waals surface area contributed by atoms with E-state index in [1.807, 2.05) is 27.7 Å². The molecule has 4 nitrogen and oxygen atoms in total. The van der Waals surface area contributed by atoms with Crippen molar-refractivity contribution >= 4 is 11.9 Å². The van der Waals surface area contributed by atoms with Gasteiger partial charge in [0.1, 0.15) is 5.54 Å². The van der Waals surface area contributed by atoms with Crippen molar-refractivity contribution in [3.63, 3.8) is 0 Å². The zero-order chi connectivity index (χ0) is 14.8. The number of hydrogen-bond acceptors (Lipinski definition) is 2. The Kier molecular flexibility index (Phi) is 4.99. The normalized spacial score (nSPS) is 15.9. The maximum atomic E-state index is 12.0. The number of carbonyl (C=O) groups is 2. The van der Waals surface area contributed by atoms with Gasteiger partial charge in [0.15, 0.2) is 0 Å². The average molecular weight is 269 g/mol. The monoisotopic (exact) mass is 269 g/mol. The van der Waals surface area contributed by atoms with Gasteiger partial charge in [0.05, 0.1) is 0 Å². The van der Waals surface area contributed by atoms with Gasteiger partial charge in [-0.25, -0.2) is 4.79 Å². The molecule has 1 N–H and O–H groups in total. The Labute approximate surface area is 116 Å². The molecule has 4 heteroatoms. The van der Waals surface area contributed by atoms with Crippen LogP contribution >= 0.6 is 0 Å². The van der Waals surface area contributed by atoms with Crippen LogP contribution in [0.3, 0.4) is 0 Å². The molecule has 0 aromatic rings. The molecule has 1 rings (SSSR count). The topological polar surface area (TPSA) is 57.6 Å². The summed E-state index contributed by atoms with van der Waals surface area (Å²) in [5.74, 6) is -0.464. The van der Waals surface area contributed by atoms with E-state index in [1.165, 1.54) is 6.92 Å². The zero-order valence-electron chi connectivity index (χ0n) is 12.8. The maximum absolute atomic E-state index is 12.0. The molecule has 0 saturated heterocycles. The van der Waals surface area contributed by atoms with Gasteiger partial charge in [-0.1, -0.05) is 27.7 Å². The maximum Gasteiger partial charge on any atom is 0.329 e. The van der Waals surface area contributed by atoms with Crippen molar-refractivity contribution in [1.29, 1.82) is 0 Å². The highest BCUT2D eigenvalue weighted by Gasteiger charge is 2.51. The van der Waals surface area contributed by atoms with Crippen molar-refractivity contribution in [3.8, 4) is 0 Å². The lowest BCUT2D eigenvalue weighted by atomic mass is 9.80. The highest BCUT2D eigenvalue weighted by atomic mass is 16.4. The molecule has 1 aliphatic rings. The molecule has 0 bridgehead atoms. The van der Waals surface area contributed by atoms with Crippen LogP contribution < -0.4 is 0 Å². The first kappa shape index (κ1) is 16.0. The Morgan fingerprint density at radius 1 is 1.16 bits per heavy atom. The number of rotatable bonds is 7. The molecule has 110 valence electrons. The van der Waals surface area contributed by atoms with Crippen LogP contribution in [0.15, 0.2) is 0 Å². The zero-order valence-corrected chi connectivity index (χ0v) is 12.8. The number of carbonyl (C=O) groups excluding carboxylic acids is 1. The number of carboxylic acid groups (broad SMARTS) is 1. The third-order valence-electron chi connectivity index (χ3n) is 3.60. The van der Waals surface area contributed by atoms with Gasteiger partial charge in [-0.3, -0.25) is 4.79 Å². The summed E-state index contributed by atoms with van der Waals surface area (Å²) < 4.78 is 0. The number of hydrogen-bond donors (Lipinski definition) is 1. The first-order chi connectivity index (χ1) is 8.70. The Balaban J connectivity index is 3.18. The average Bonchev–Trinajstić information content (AvgIpc) is 2.98. The van der Waals surface area contributed by atoms with E-state index >= 15 is 0 Å². The quantitative estimate of drug-likeness (QED) is 0.773. The SMILES string of the molecule is CC(=O)N(C1CC1)C(CC(C)C)(CC(C)C)C(=O)O. The van der Waals surface area contributed by atoms with Crippen LogP contribution in [0.25, 0.3) is 0 Å². The summed E-state index contributed by atoms with van der Waals surface area (Å²) in [4.78, 5) is 25.6. The highest BCUT2D eigenvalue weighted by molar-refractivity contribution is 5.86. The van der Waals surface area contributed by atoms with Crippen LogP contribution in [0, 0.1) is 11.8 Å². The molecule has 0 atom stereocenters. The van der Waals surface area contributed by atoms with Crippen molar-refractivity contribution in [1.82, 2.24) is 4.90 Å². The summed E-state index contributed by atoms with van der Waals surface area (Å²) in [6.07, 6.45) is 2.92. The van der Waals surface area contributed by atoms with E-state index in [4.69, 9.17) is 0 Å². The minimum absolute atomic E-state index is 0.105. The molecule has 0 unspecified atom stereocenters. The van der Waals surface area contributed by atoms with E-state index in [-0.39, 0.29) is 23.8 Å². The standard InChI is InChI=1S/C15H27NO3/c1-10(2)8-15(14(18)19,9-11(3)4)16(12(5)17)13-6-7-13/h10-11,13H,6-9H2,1-5H3,(H,18,19). The molecule has 0 aliphatic heterocycles. The Morgan fingerprint density at radius 2 is 1.58 bits per heavy atom. The second-order valence-electron chi connectivity index (χ2n) is 6.65. The van der Waals surface area contributed by atoms with Gasteiger partial charge in [0.25, 0.3) is 0 Å². The molecule has 0 aromatic heterocycles. The number of amides is 1. The van der Waals surface area contributed by atoms with Crippen LogP contribution in [0.2, 0.25) is 0 Å². The smallest absolute Gasteiger partial charge is 0.329 e. The molecular weight excluding hydrogens is 242 g/mol. The molecule has 1 saturated carbocycles. The molecular formula is C15H27NO3. The fraction of sp³-hybridized carbons (Fsp3) is 0.867. The van der Waals surface area contributed by atoms with Crippen LogP contribution in [0.1, 0.15) is 60.3 Å². The van der Waals surface area contributed by atoms with Crippen molar-refractivity contribution in [2.24, 2.45) is 11.8 Å². The predicted molar refractivity (Wildman–Crippen MR) is 74.8 cm³/mol. The lowest BCUT2D eigenvalue weighted by Crippen LogP contribution is -2.59. The number of carboxylic acids is 1. The largest absolute Gasteiger partial charge is 0.479 e. The van der Waals surface area contributed by atoms with Crippen molar-refractivity contribution in [3.05, 3.63) is 0 Å². The second kappa shape index (κ2) is 5.93. The van der Waals surface area contributed by atoms with Gasteiger partial charge in [0.2, 0.25) is 5.91 Å². The summed E-state index contributed by atoms with van der Waals surface area (Å²) in [6.45, 7) is 9.57. The van der Waals surface area contributed by atoms with E-state index in [0.717, 1.165) is 12.8 Å². The number of nitrogens with zero attached hydrogens (tertiary/aromatic N) is 1. The lowest BCUT2D eigenvalue weighted by Gasteiger charge is -2.43. The van der Waals surface area contributed by atoms with Gasteiger partial charge in [-0.15, -0.1) is 0 Å². The van der Waals surface area contributed by atoms with E-state index in [2.05, 4.69) is 0 Å². The van der Waals surface area contributed by atoms with Gasteiger partial charge >= 0.3 is 5.97 Å². The summed E-state index contributed by atoms with van der Waals surface area (Å²) in [5, 5.41) is 9.82. The second-order valence-corrected chi connectivity index (χ2v) is 6.65. The molecule has 1 fully saturated rings. The molecule has 0 heterocycles. The van der Waals surface area contributed by atoms with E-state index in [0.29, 0.717) is 12.8 Å². The van der Waals surface area contributed by atoms with Gasteiger partial charge in [0, 0.05) is 13.0 Å². The first-order valence-corrected chi connectivity index (χ1v) is 7.24. The van der Waals surface area contributed by atoms with Crippen molar-refractivity contribution < 1.29 is 14.7 Å². The predicted octanol–water partition coefficient (Wildman–Crippen LogP) is 2.91. The van der Waals surface area contributed by atoms with Gasteiger partial charge < -0.3 is 10.0 Å². The summed E-state index contributed by atoms with van der Waals surface area (Å²) in [7, 11) is 0. The van der Waals surface area contributed by atoms with Crippen molar-refractivity contribution in [2.75, 3.05) is 0 Å². The molecule has 0 spiro atoms. The van der Waals surface area contributed by atoms with Gasteiger partial charge in [-0.2, -0.15) is 0 Å². The molecule has 0 aromatic carbocycles. The fourth-order valence-corrected chi connectivity index (χ4v) is 3.15. The van der Waals surface area contributed by atoms with Crippen LogP contribution in [-0.2, 0) is 9.59 Å². The summed E-state index contributed by atoms with van der Waals surface area (Å²) in [6, 6.07) is 0.131. The van der Waals surface area contributed by atoms with E-state index in [1.54, 1.807) is 4.90 Å². The third kappa shape index (κ3) is 3.71. The van der Waals surface area contributed by atoms with Crippen LogP contribution in [0.4, 0.5) is 0 Å². The summed E-state index contributed by atoms with van der Waals surface area (Å²) >= 11 is 0. The highest BCUT2D eigenvalue weighted by Crippen LogP contribution is 2.40. The third-order valence-corrected chi connectivity index (χ3v) is 3.60. The lowest BCUT2D eigenvalue weighted by molar-refractivity contribution is -0.162. The fourth-order valence-electron chi connectivity index (χ4n) is 3.15. The Morgan fingerprint density at radius 3 is 1.79 bits per heavy atom. The Bertz CT molecular complexity index is 335. The van der Waals surface area contributed by atoms with Crippen LogP contribution in [0.5, 0.6) is 0 Å². The van der Waals surface area contributed by atoms with E-state index in [9.17, 15) is 14.7 Å². The first-order valence-electron chi connectivity index (χ1n) is 7.24. The molecule has 0 radical (unpaired) electrons. The summed E-state index contributed by atoms with van der Waals surface area (Å²) in [5.41, 5.74) is -1.03.